The molecule has 3 aromatic carbocycles. The Balaban J connectivity index is 1.17. The van der Waals surface area contributed by atoms with Gasteiger partial charge in [-0.3, -0.25) is 9.69 Å². The number of carbonyl (C=O) groups is 2. The van der Waals surface area contributed by atoms with Crippen molar-refractivity contribution in [3.8, 4) is 5.75 Å². The number of cyclic esters (lactones) is 1. The summed E-state index contributed by atoms with van der Waals surface area (Å²) in [6.45, 7) is 3.26. The molecule has 6 heteroatoms. The van der Waals surface area contributed by atoms with Crippen LogP contribution in [0.1, 0.15) is 31.4 Å². The molecular weight excluding hydrogens is 416 g/mol. The minimum atomic E-state index is -0.264. The van der Waals surface area contributed by atoms with Gasteiger partial charge in [-0.15, -0.1) is 0 Å². The van der Waals surface area contributed by atoms with Crippen LogP contribution in [0, 0.1) is 0 Å². The second-order valence-corrected chi connectivity index (χ2v) is 8.74. The van der Waals surface area contributed by atoms with Crippen molar-refractivity contribution in [1.82, 2.24) is 9.80 Å². The summed E-state index contributed by atoms with van der Waals surface area (Å²) in [4.78, 5) is 29.2. The van der Waals surface area contributed by atoms with Gasteiger partial charge in [0.1, 0.15) is 11.9 Å². The topological polar surface area (TPSA) is 59.1 Å². The molecule has 2 aliphatic heterocycles. The van der Waals surface area contributed by atoms with Crippen LogP contribution in [-0.2, 0) is 9.53 Å². The molecule has 0 spiro atoms. The Morgan fingerprint density at radius 3 is 2.45 bits per heavy atom. The molecule has 3 aromatic rings. The highest BCUT2D eigenvalue weighted by molar-refractivity contribution is 5.88. The van der Waals surface area contributed by atoms with Crippen LogP contribution in [-0.4, -0.2) is 53.6 Å². The number of carbonyl (C=O) groups excluding carboxylic acids is 2. The molecule has 0 aromatic heterocycles. The minimum absolute atomic E-state index is 0.0108. The smallest absolute Gasteiger partial charge is 0.411 e. The first-order chi connectivity index (χ1) is 16.1. The average Bonchev–Trinajstić information content (AvgIpc) is 3.16. The lowest BCUT2D eigenvalue weighted by Gasteiger charge is -2.37. The maximum atomic E-state index is 12.8. The van der Waals surface area contributed by atoms with E-state index in [1.165, 1.54) is 0 Å². The molecule has 0 saturated carbocycles. The zero-order valence-electron chi connectivity index (χ0n) is 18.7. The van der Waals surface area contributed by atoms with Gasteiger partial charge in [0.15, 0.2) is 6.61 Å². The first-order valence-electron chi connectivity index (χ1n) is 11.5. The molecule has 0 radical (unpaired) electrons. The highest BCUT2D eigenvalue weighted by Crippen LogP contribution is 2.35. The molecule has 2 unspecified atom stereocenters. The first-order valence-corrected chi connectivity index (χ1v) is 11.5. The maximum absolute atomic E-state index is 12.8. The third kappa shape index (κ3) is 4.25. The van der Waals surface area contributed by atoms with E-state index in [4.69, 9.17) is 9.47 Å². The van der Waals surface area contributed by atoms with Gasteiger partial charge in [-0.25, -0.2) is 4.79 Å². The Labute approximate surface area is 193 Å². The standard InChI is InChI=1S/C27H28N2O4/c1-19-26(21-9-3-2-4-10-21)33-27(31)29(19)22-14-16-28(17-15-22)25(30)18-32-24-13-7-11-20-8-5-6-12-23(20)24/h2-13,19,22,26H,14-18H2,1H3. The highest BCUT2D eigenvalue weighted by Gasteiger charge is 2.44. The number of hydrogen-bond donors (Lipinski definition) is 0. The molecule has 0 bridgehead atoms. The van der Waals surface area contributed by atoms with Crippen LogP contribution in [0.25, 0.3) is 10.8 Å². The summed E-state index contributed by atoms with van der Waals surface area (Å²) in [5, 5.41) is 2.09. The summed E-state index contributed by atoms with van der Waals surface area (Å²) in [7, 11) is 0. The third-order valence-electron chi connectivity index (χ3n) is 6.75. The maximum Gasteiger partial charge on any atom is 0.411 e. The van der Waals surface area contributed by atoms with Crippen LogP contribution in [0.4, 0.5) is 4.79 Å². The molecule has 0 aliphatic carbocycles. The summed E-state index contributed by atoms with van der Waals surface area (Å²) in [6.07, 6.45) is 0.954. The van der Waals surface area contributed by atoms with E-state index in [0.29, 0.717) is 13.1 Å². The third-order valence-corrected chi connectivity index (χ3v) is 6.75. The van der Waals surface area contributed by atoms with Crippen molar-refractivity contribution >= 4 is 22.8 Å². The quantitative estimate of drug-likeness (QED) is 0.568. The van der Waals surface area contributed by atoms with Crippen molar-refractivity contribution < 1.29 is 19.1 Å². The van der Waals surface area contributed by atoms with E-state index in [1.807, 2.05) is 89.5 Å². The Kier molecular flexibility index (Phi) is 5.90. The minimum Gasteiger partial charge on any atom is -0.483 e. The van der Waals surface area contributed by atoms with Crippen LogP contribution in [0.15, 0.2) is 72.8 Å². The van der Waals surface area contributed by atoms with E-state index < -0.39 is 0 Å². The second kappa shape index (κ2) is 9.14. The summed E-state index contributed by atoms with van der Waals surface area (Å²) in [5.41, 5.74) is 1.01. The van der Waals surface area contributed by atoms with Gasteiger partial charge in [-0.2, -0.15) is 0 Å². The zero-order chi connectivity index (χ0) is 22.8. The van der Waals surface area contributed by atoms with Gasteiger partial charge in [0, 0.05) is 24.5 Å². The molecule has 170 valence electrons. The lowest BCUT2D eigenvalue weighted by atomic mass is 9.98. The Bertz CT molecular complexity index is 1140. The predicted molar refractivity (Wildman–Crippen MR) is 126 cm³/mol. The van der Waals surface area contributed by atoms with E-state index in [-0.39, 0.29) is 36.8 Å². The average molecular weight is 445 g/mol. The van der Waals surface area contributed by atoms with Crippen LogP contribution in [0.3, 0.4) is 0 Å². The van der Waals surface area contributed by atoms with Crippen molar-refractivity contribution in [3.05, 3.63) is 78.4 Å². The molecule has 2 amide bonds. The normalized spacial score (nSPS) is 21.3. The van der Waals surface area contributed by atoms with Gasteiger partial charge in [-0.1, -0.05) is 66.7 Å². The Morgan fingerprint density at radius 2 is 1.67 bits per heavy atom. The van der Waals surface area contributed by atoms with Crippen LogP contribution in [0.2, 0.25) is 0 Å². The van der Waals surface area contributed by atoms with E-state index in [1.54, 1.807) is 0 Å². The van der Waals surface area contributed by atoms with Gasteiger partial charge in [0.2, 0.25) is 0 Å². The highest BCUT2D eigenvalue weighted by atomic mass is 16.6. The summed E-state index contributed by atoms with van der Waals surface area (Å²) in [5.74, 6) is 0.692. The molecule has 33 heavy (non-hydrogen) atoms. The largest absolute Gasteiger partial charge is 0.483 e. The van der Waals surface area contributed by atoms with Crippen molar-refractivity contribution in [2.75, 3.05) is 19.7 Å². The van der Waals surface area contributed by atoms with Gasteiger partial charge >= 0.3 is 6.09 Å². The van der Waals surface area contributed by atoms with E-state index in [2.05, 4.69) is 0 Å². The molecular formula is C27H28N2O4. The van der Waals surface area contributed by atoms with Crippen molar-refractivity contribution in [3.63, 3.8) is 0 Å². The fourth-order valence-electron chi connectivity index (χ4n) is 5.00. The molecule has 2 heterocycles. The van der Waals surface area contributed by atoms with Gasteiger partial charge < -0.3 is 14.4 Å². The predicted octanol–water partition coefficient (Wildman–Crippen LogP) is 4.79. The number of piperidine rings is 1. The number of rotatable bonds is 5. The number of likely N-dealkylation sites (tertiary alicyclic amines) is 1. The first kappa shape index (κ1) is 21.3. The van der Waals surface area contributed by atoms with Gasteiger partial charge in [0.25, 0.3) is 5.91 Å². The number of nitrogens with zero attached hydrogens (tertiary/aromatic N) is 2. The molecule has 5 rings (SSSR count). The van der Waals surface area contributed by atoms with Gasteiger partial charge in [-0.05, 0) is 36.8 Å². The number of fused-ring (bicyclic) bond motifs is 1. The summed E-state index contributed by atoms with van der Waals surface area (Å²) in [6, 6.07) is 23.7. The van der Waals surface area contributed by atoms with Gasteiger partial charge in [0.05, 0.1) is 6.04 Å². The van der Waals surface area contributed by atoms with E-state index >= 15 is 0 Å². The zero-order valence-corrected chi connectivity index (χ0v) is 18.7. The molecule has 2 atom stereocenters. The van der Waals surface area contributed by atoms with Crippen LogP contribution >= 0.6 is 0 Å². The van der Waals surface area contributed by atoms with E-state index in [0.717, 1.165) is 34.9 Å². The molecule has 2 fully saturated rings. The van der Waals surface area contributed by atoms with Crippen LogP contribution in [0.5, 0.6) is 5.75 Å². The SMILES string of the molecule is CC1C(c2ccccc2)OC(=O)N1C1CCN(C(=O)COc2cccc3ccccc23)CC1. The fraction of sp³-hybridized carbons (Fsp3) is 0.333. The molecule has 2 saturated heterocycles. The van der Waals surface area contributed by atoms with Crippen molar-refractivity contribution in [2.45, 2.75) is 38.0 Å². The van der Waals surface area contributed by atoms with Crippen LogP contribution < -0.4 is 4.74 Å². The lowest BCUT2D eigenvalue weighted by molar-refractivity contribution is -0.134. The number of amides is 2. The van der Waals surface area contributed by atoms with Crippen molar-refractivity contribution in [1.29, 1.82) is 0 Å². The number of benzene rings is 3. The Morgan fingerprint density at radius 1 is 0.970 bits per heavy atom. The monoisotopic (exact) mass is 444 g/mol. The molecule has 0 N–H and O–H groups in total. The second-order valence-electron chi connectivity index (χ2n) is 8.74. The number of ether oxygens (including phenoxy) is 2. The fourth-order valence-corrected chi connectivity index (χ4v) is 5.00. The summed E-state index contributed by atoms with van der Waals surface area (Å²) < 4.78 is 11.6. The molecule has 6 nitrogen and oxygen atoms in total. The molecule has 2 aliphatic rings. The van der Waals surface area contributed by atoms with Crippen molar-refractivity contribution in [2.24, 2.45) is 0 Å². The van der Waals surface area contributed by atoms with E-state index in [9.17, 15) is 9.59 Å². The summed E-state index contributed by atoms with van der Waals surface area (Å²) >= 11 is 0. The lowest BCUT2D eigenvalue weighted by Crippen LogP contribution is -2.50. The number of hydrogen-bond acceptors (Lipinski definition) is 4. The Hall–Kier alpha value is -3.54.